The van der Waals surface area contributed by atoms with Crippen LogP contribution >= 0.6 is 0 Å². The average Bonchev–Trinajstić information content (AvgIpc) is 3.40. The summed E-state index contributed by atoms with van der Waals surface area (Å²) < 4.78 is 9.29. The second-order valence-corrected chi connectivity index (χ2v) is 6.56. The van der Waals surface area contributed by atoms with Crippen LogP contribution in [0.4, 0.5) is 0 Å². The van der Waals surface area contributed by atoms with Crippen LogP contribution in [0.1, 0.15) is 28.8 Å². The third-order valence-electron chi connectivity index (χ3n) is 4.63. The second kappa shape index (κ2) is 7.17. The highest BCUT2D eigenvalue weighted by atomic mass is 16.5. The Morgan fingerprint density at radius 2 is 2.04 bits per heavy atom. The lowest BCUT2D eigenvalue weighted by Crippen LogP contribution is -2.32. The summed E-state index contributed by atoms with van der Waals surface area (Å²) in [5.41, 5.74) is 2.63. The number of carbonyl (C=O) groups is 1. The van der Waals surface area contributed by atoms with E-state index in [1.54, 1.807) is 10.9 Å². The molecule has 1 saturated heterocycles. The Labute approximate surface area is 152 Å². The molecule has 1 fully saturated rings. The Morgan fingerprint density at radius 1 is 1.27 bits per heavy atom. The number of amides is 1. The fourth-order valence-electron chi connectivity index (χ4n) is 3.21. The third-order valence-corrected chi connectivity index (χ3v) is 4.63. The van der Waals surface area contributed by atoms with Gasteiger partial charge in [-0.25, -0.2) is 4.68 Å². The Bertz CT molecular complexity index is 875. The van der Waals surface area contributed by atoms with Gasteiger partial charge < -0.3 is 14.6 Å². The second-order valence-electron chi connectivity index (χ2n) is 6.56. The lowest BCUT2D eigenvalue weighted by atomic mass is 10.2. The maximum absolute atomic E-state index is 12.8. The van der Waals surface area contributed by atoms with E-state index in [9.17, 15) is 4.79 Å². The van der Waals surface area contributed by atoms with Gasteiger partial charge in [-0.1, -0.05) is 17.7 Å². The first kappa shape index (κ1) is 16.6. The maximum atomic E-state index is 12.8. The Kier molecular flexibility index (Phi) is 4.58. The number of benzene rings is 1. The molecule has 26 heavy (non-hydrogen) atoms. The minimum atomic E-state index is -0.137. The number of nitrogens with one attached hydrogen (secondary N) is 1. The Morgan fingerprint density at radius 3 is 2.73 bits per heavy atom. The quantitative estimate of drug-likeness (QED) is 0.770. The van der Waals surface area contributed by atoms with E-state index in [1.165, 1.54) is 5.56 Å². The highest BCUT2D eigenvalue weighted by Crippen LogP contribution is 2.20. The molecule has 1 aliphatic heterocycles. The number of carbonyl (C=O) groups excluding carboxylic acids is 1. The molecule has 1 atom stereocenters. The van der Waals surface area contributed by atoms with Crippen LogP contribution in [0.15, 0.2) is 55.0 Å². The minimum Gasteiger partial charge on any atom is -0.376 e. The van der Waals surface area contributed by atoms with Crippen LogP contribution in [-0.4, -0.2) is 39.5 Å². The monoisotopic (exact) mass is 350 g/mol. The molecule has 3 heterocycles. The zero-order valence-electron chi connectivity index (χ0n) is 14.8. The molecule has 1 aliphatic rings. The summed E-state index contributed by atoms with van der Waals surface area (Å²) in [6, 6.07) is 11.9. The highest BCUT2D eigenvalue weighted by molar-refractivity contribution is 5.97. The van der Waals surface area contributed by atoms with Crippen molar-refractivity contribution in [2.75, 3.05) is 13.2 Å². The van der Waals surface area contributed by atoms with Crippen molar-refractivity contribution in [1.29, 1.82) is 0 Å². The Hall–Kier alpha value is -2.86. The molecule has 2 aromatic heterocycles. The normalized spacial score (nSPS) is 16.7. The van der Waals surface area contributed by atoms with E-state index in [-0.39, 0.29) is 12.0 Å². The van der Waals surface area contributed by atoms with Crippen molar-refractivity contribution >= 4 is 5.91 Å². The van der Waals surface area contributed by atoms with Gasteiger partial charge in [-0.15, -0.1) is 0 Å². The van der Waals surface area contributed by atoms with E-state index in [4.69, 9.17) is 4.74 Å². The number of hydrogen-bond donors (Lipinski definition) is 1. The molecule has 1 amide bonds. The summed E-state index contributed by atoms with van der Waals surface area (Å²) in [7, 11) is 0. The summed E-state index contributed by atoms with van der Waals surface area (Å²) >= 11 is 0. The standard InChI is InChI=1S/C20H22N4O2/c1-15-6-8-16(9-7-15)24-20(23-10-2-3-11-23)18(14-22-24)19(25)21-13-17-5-4-12-26-17/h2-3,6-11,14,17H,4-5,12-13H2,1H3,(H,21,25). The van der Waals surface area contributed by atoms with Crippen LogP contribution in [0, 0.1) is 6.92 Å². The van der Waals surface area contributed by atoms with Gasteiger partial charge in [-0.3, -0.25) is 4.79 Å². The summed E-state index contributed by atoms with van der Waals surface area (Å²) in [5.74, 6) is 0.589. The van der Waals surface area contributed by atoms with E-state index in [2.05, 4.69) is 10.4 Å². The predicted molar refractivity (Wildman–Crippen MR) is 98.9 cm³/mol. The molecule has 134 valence electrons. The molecule has 1 N–H and O–H groups in total. The van der Waals surface area contributed by atoms with Crippen molar-refractivity contribution in [2.45, 2.75) is 25.9 Å². The molecule has 6 heteroatoms. The number of hydrogen-bond acceptors (Lipinski definition) is 3. The first-order valence-electron chi connectivity index (χ1n) is 8.90. The van der Waals surface area contributed by atoms with Crippen molar-refractivity contribution in [3.8, 4) is 11.5 Å². The van der Waals surface area contributed by atoms with Gasteiger partial charge in [0, 0.05) is 25.5 Å². The Balaban J connectivity index is 1.66. The number of rotatable bonds is 5. The number of ether oxygens (including phenoxy) is 1. The molecule has 1 aromatic carbocycles. The van der Waals surface area contributed by atoms with Crippen LogP contribution in [0.2, 0.25) is 0 Å². The fourth-order valence-corrected chi connectivity index (χ4v) is 3.21. The van der Waals surface area contributed by atoms with Gasteiger partial charge >= 0.3 is 0 Å². The summed E-state index contributed by atoms with van der Waals surface area (Å²) in [6.45, 7) is 3.35. The average molecular weight is 350 g/mol. The van der Waals surface area contributed by atoms with Gasteiger partial charge in [-0.2, -0.15) is 5.10 Å². The third kappa shape index (κ3) is 3.28. The maximum Gasteiger partial charge on any atom is 0.256 e. The smallest absolute Gasteiger partial charge is 0.256 e. The van der Waals surface area contributed by atoms with Crippen molar-refractivity contribution < 1.29 is 9.53 Å². The van der Waals surface area contributed by atoms with Crippen molar-refractivity contribution in [1.82, 2.24) is 19.7 Å². The van der Waals surface area contributed by atoms with Crippen LogP contribution in [-0.2, 0) is 4.74 Å². The van der Waals surface area contributed by atoms with E-state index in [1.807, 2.05) is 60.3 Å². The summed E-state index contributed by atoms with van der Waals surface area (Å²) in [4.78, 5) is 12.8. The lowest BCUT2D eigenvalue weighted by Gasteiger charge is -2.13. The fraction of sp³-hybridized carbons (Fsp3) is 0.300. The van der Waals surface area contributed by atoms with Crippen LogP contribution in [0.3, 0.4) is 0 Å². The summed E-state index contributed by atoms with van der Waals surface area (Å²) in [6.07, 6.45) is 7.62. The van der Waals surface area contributed by atoms with Crippen LogP contribution < -0.4 is 5.32 Å². The molecule has 0 radical (unpaired) electrons. The van der Waals surface area contributed by atoms with Gasteiger partial charge in [0.2, 0.25) is 0 Å². The molecule has 0 saturated carbocycles. The largest absolute Gasteiger partial charge is 0.376 e. The van der Waals surface area contributed by atoms with Crippen LogP contribution in [0.5, 0.6) is 0 Å². The van der Waals surface area contributed by atoms with Gasteiger partial charge in [0.1, 0.15) is 5.56 Å². The topological polar surface area (TPSA) is 61.1 Å². The van der Waals surface area contributed by atoms with Crippen molar-refractivity contribution in [3.05, 3.63) is 66.1 Å². The molecule has 4 rings (SSSR count). The molecule has 1 unspecified atom stereocenters. The first-order chi connectivity index (χ1) is 12.7. The van der Waals surface area contributed by atoms with Gasteiger partial charge in [0.15, 0.2) is 5.82 Å². The number of aryl methyl sites for hydroxylation is 1. The molecule has 0 aliphatic carbocycles. The van der Waals surface area contributed by atoms with Gasteiger partial charge in [-0.05, 0) is 44.0 Å². The summed E-state index contributed by atoms with van der Waals surface area (Å²) in [5, 5.41) is 7.46. The predicted octanol–water partition coefficient (Wildman–Crippen LogP) is 2.88. The van der Waals surface area contributed by atoms with E-state index < -0.39 is 0 Å². The highest BCUT2D eigenvalue weighted by Gasteiger charge is 2.22. The van der Waals surface area contributed by atoms with Gasteiger partial charge in [0.25, 0.3) is 5.91 Å². The van der Waals surface area contributed by atoms with Crippen molar-refractivity contribution in [2.24, 2.45) is 0 Å². The SMILES string of the molecule is Cc1ccc(-n2ncc(C(=O)NCC3CCCO3)c2-n2cccc2)cc1. The van der Waals surface area contributed by atoms with Crippen molar-refractivity contribution in [3.63, 3.8) is 0 Å². The zero-order chi connectivity index (χ0) is 17.9. The molecule has 0 spiro atoms. The molecular formula is C20H22N4O2. The van der Waals surface area contributed by atoms with E-state index in [0.29, 0.717) is 12.1 Å². The van der Waals surface area contributed by atoms with E-state index >= 15 is 0 Å². The molecule has 3 aromatic rings. The van der Waals surface area contributed by atoms with E-state index in [0.717, 1.165) is 31.0 Å². The molecule has 0 bridgehead atoms. The molecular weight excluding hydrogens is 328 g/mol. The number of nitrogens with zero attached hydrogens (tertiary/aromatic N) is 3. The lowest BCUT2D eigenvalue weighted by molar-refractivity contribution is 0.0857. The first-order valence-corrected chi connectivity index (χ1v) is 8.90. The zero-order valence-corrected chi connectivity index (χ0v) is 14.8. The van der Waals surface area contributed by atoms with Gasteiger partial charge in [0.05, 0.1) is 18.0 Å². The number of aromatic nitrogens is 3. The molecule has 6 nitrogen and oxygen atoms in total. The minimum absolute atomic E-state index is 0.112. The van der Waals surface area contributed by atoms with Crippen LogP contribution in [0.25, 0.3) is 11.5 Å².